The lowest BCUT2D eigenvalue weighted by Gasteiger charge is -2.32. The molecule has 0 radical (unpaired) electrons. The highest BCUT2D eigenvalue weighted by Crippen LogP contribution is 2.20. The third kappa shape index (κ3) is 3.27. The SMILES string of the molecule is C[C@@H](C(=O)N1CCC[C@H](C(=O)O)C1)n1nnc(-c2ccccc2)n1. The van der Waals surface area contributed by atoms with Crippen molar-refractivity contribution in [3.05, 3.63) is 30.3 Å². The molecule has 8 nitrogen and oxygen atoms in total. The topological polar surface area (TPSA) is 101 Å². The van der Waals surface area contributed by atoms with E-state index in [4.69, 9.17) is 5.11 Å². The molecular formula is C16H19N5O3. The van der Waals surface area contributed by atoms with Gasteiger partial charge in [-0.25, -0.2) is 0 Å². The average molecular weight is 329 g/mol. The van der Waals surface area contributed by atoms with Crippen molar-refractivity contribution in [2.24, 2.45) is 5.92 Å². The minimum absolute atomic E-state index is 0.182. The summed E-state index contributed by atoms with van der Waals surface area (Å²) in [6.45, 7) is 2.50. The second-order valence-electron chi connectivity index (χ2n) is 5.94. The first-order chi connectivity index (χ1) is 11.6. The van der Waals surface area contributed by atoms with Crippen LogP contribution in [0.5, 0.6) is 0 Å². The molecule has 2 heterocycles. The number of hydrogen-bond acceptors (Lipinski definition) is 5. The van der Waals surface area contributed by atoms with Crippen molar-refractivity contribution in [2.75, 3.05) is 13.1 Å². The lowest BCUT2D eigenvalue weighted by atomic mass is 9.98. The molecule has 1 fully saturated rings. The van der Waals surface area contributed by atoms with E-state index in [1.807, 2.05) is 30.3 Å². The molecule has 1 aromatic carbocycles. The zero-order valence-electron chi connectivity index (χ0n) is 13.4. The van der Waals surface area contributed by atoms with Crippen molar-refractivity contribution in [1.82, 2.24) is 25.1 Å². The quantitative estimate of drug-likeness (QED) is 0.905. The van der Waals surface area contributed by atoms with E-state index < -0.39 is 17.9 Å². The Bertz CT molecular complexity index is 730. The van der Waals surface area contributed by atoms with Crippen molar-refractivity contribution < 1.29 is 14.7 Å². The number of amides is 1. The molecule has 1 N–H and O–H groups in total. The van der Waals surface area contributed by atoms with Crippen molar-refractivity contribution in [1.29, 1.82) is 0 Å². The van der Waals surface area contributed by atoms with Crippen LogP contribution in [0.15, 0.2) is 30.3 Å². The lowest BCUT2D eigenvalue weighted by molar-refractivity contribution is -0.146. The van der Waals surface area contributed by atoms with Crippen LogP contribution in [0.4, 0.5) is 0 Å². The van der Waals surface area contributed by atoms with E-state index in [2.05, 4.69) is 15.4 Å². The number of benzene rings is 1. The van der Waals surface area contributed by atoms with Gasteiger partial charge in [-0.05, 0) is 25.0 Å². The Balaban J connectivity index is 1.72. The summed E-state index contributed by atoms with van der Waals surface area (Å²) < 4.78 is 0. The smallest absolute Gasteiger partial charge is 0.308 e. The fourth-order valence-electron chi connectivity index (χ4n) is 2.83. The summed E-state index contributed by atoms with van der Waals surface area (Å²) in [5, 5.41) is 21.4. The first kappa shape index (κ1) is 16.1. The molecular weight excluding hydrogens is 310 g/mol. The number of likely N-dealkylation sites (tertiary alicyclic amines) is 1. The van der Waals surface area contributed by atoms with E-state index in [1.165, 1.54) is 4.80 Å². The van der Waals surface area contributed by atoms with Crippen molar-refractivity contribution >= 4 is 11.9 Å². The molecule has 1 aliphatic heterocycles. The van der Waals surface area contributed by atoms with Gasteiger partial charge in [0.25, 0.3) is 0 Å². The molecule has 1 aliphatic rings. The van der Waals surface area contributed by atoms with Gasteiger partial charge in [0.15, 0.2) is 0 Å². The maximum atomic E-state index is 12.6. The number of hydrogen-bond donors (Lipinski definition) is 1. The predicted molar refractivity (Wildman–Crippen MR) is 84.9 cm³/mol. The first-order valence-electron chi connectivity index (χ1n) is 7.93. The van der Waals surface area contributed by atoms with E-state index in [0.717, 1.165) is 5.56 Å². The zero-order chi connectivity index (χ0) is 17.1. The Labute approximate surface area is 139 Å². The molecule has 2 aromatic rings. The molecule has 3 rings (SSSR count). The van der Waals surface area contributed by atoms with Crippen LogP contribution in [-0.2, 0) is 9.59 Å². The summed E-state index contributed by atoms with van der Waals surface area (Å²) in [5.74, 6) is -1.08. The summed E-state index contributed by atoms with van der Waals surface area (Å²) in [6, 6.07) is 8.78. The monoisotopic (exact) mass is 329 g/mol. The fraction of sp³-hybridized carbons (Fsp3) is 0.438. The zero-order valence-corrected chi connectivity index (χ0v) is 13.4. The Kier molecular flexibility index (Phi) is 4.54. The minimum Gasteiger partial charge on any atom is -0.481 e. The number of aliphatic carboxylic acids is 1. The van der Waals surface area contributed by atoms with Crippen LogP contribution in [-0.4, -0.2) is 55.2 Å². The molecule has 8 heteroatoms. The van der Waals surface area contributed by atoms with Crippen LogP contribution in [0.3, 0.4) is 0 Å². The number of aromatic nitrogens is 4. The third-order valence-electron chi connectivity index (χ3n) is 4.25. The van der Waals surface area contributed by atoms with E-state index >= 15 is 0 Å². The molecule has 2 atom stereocenters. The van der Waals surface area contributed by atoms with E-state index in [1.54, 1.807) is 11.8 Å². The van der Waals surface area contributed by atoms with Gasteiger partial charge in [0.1, 0.15) is 6.04 Å². The second kappa shape index (κ2) is 6.77. The van der Waals surface area contributed by atoms with Crippen LogP contribution < -0.4 is 0 Å². The summed E-state index contributed by atoms with van der Waals surface area (Å²) >= 11 is 0. The number of piperidine rings is 1. The molecule has 0 bridgehead atoms. The van der Waals surface area contributed by atoms with Gasteiger partial charge in [-0.1, -0.05) is 30.3 Å². The molecule has 1 amide bonds. The second-order valence-corrected chi connectivity index (χ2v) is 5.94. The van der Waals surface area contributed by atoms with Gasteiger partial charge < -0.3 is 10.0 Å². The van der Waals surface area contributed by atoms with Crippen LogP contribution in [0.1, 0.15) is 25.8 Å². The first-order valence-corrected chi connectivity index (χ1v) is 7.93. The standard InChI is InChI=1S/C16H19N5O3/c1-11(15(22)20-9-5-8-13(10-20)16(23)24)21-18-14(17-19-21)12-6-3-2-4-7-12/h2-4,6-7,11,13H,5,8-10H2,1H3,(H,23,24)/t11-,13-/m0/s1. The van der Waals surface area contributed by atoms with Crippen molar-refractivity contribution in [3.63, 3.8) is 0 Å². The number of carbonyl (C=O) groups excluding carboxylic acids is 1. The van der Waals surface area contributed by atoms with Gasteiger partial charge >= 0.3 is 5.97 Å². The molecule has 1 saturated heterocycles. The molecule has 126 valence electrons. The molecule has 0 spiro atoms. The van der Waals surface area contributed by atoms with E-state index in [9.17, 15) is 9.59 Å². The van der Waals surface area contributed by atoms with Gasteiger partial charge in [-0.3, -0.25) is 9.59 Å². The number of carboxylic acid groups (broad SMARTS) is 1. The number of rotatable bonds is 4. The molecule has 24 heavy (non-hydrogen) atoms. The third-order valence-corrected chi connectivity index (χ3v) is 4.25. The summed E-state index contributed by atoms with van der Waals surface area (Å²) in [4.78, 5) is 26.6. The molecule has 0 unspecified atom stereocenters. The van der Waals surface area contributed by atoms with Crippen molar-refractivity contribution in [3.8, 4) is 11.4 Å². The van der Waals surface area contributed by atoms with Crippen LogP contribution >= 0.6 is 0 Å². The maximum Gasteiger partial charge on any atom is 0.308 e. The predicted octanol–water partition coefficient (Wildman–Crippen LogP) is 1.22. The maximum absolute atomic E-state index is 12.6. The number of nitrogens with zero attached hydrogens (tertiary/aromatic N) is 5. The number of carbonyl (C=O) groups is 2. The molecule has 1 aromatic heterocycles. The number of carboxylic acids is 1. The van der Waals surface area contributed by atoms with Gasteiger partial charge in [-0.2, -0.15) is 4.80 Å². The fourth-order valence-corrected chi connectivity index (χ4v) is 2.83. The number of tetrazole rings is 1. The summed E-state index contributed by atoms with van der Waals surface area (Å²) in [7, 11) is 0. The summed E-state index contributed by atoms with van der Waals surface area (Å²) in [6.07, 6.45) is 1.29. The molecule has 0 saturated carbocycles. The normalized spacial score (nSPS) is 19.0. The van der Waals surface area contributed by atoms with Crippen LogP contribution in [0.25, 0.3) is 11.4 Å². The lowest BCUT2D eigenvalue weighted by Crippen LogP contribution is -2.45. The van der Waals surface area contributed by atoms with Crippen LogP contribution in [0, 0.1) is 5.92 Å². The average Bonchev–Trinajstić information content (AvgIpc) is 3.11. The highest BCUT2D eigenvalue weighted by atomic mass is 16.4. The Morgan fingerprint density at radius 3 is 2.75 bits per heavy atom. The van der Waals surface area contributed by atoms with Gasteiger partial charge in [0, 0.05) is 18.7 Å². The van der Waals surface area contributed by atoms with Crippen molar-refractivity contribution in [2.45, 2.75) is 25.8 Å². The van der Waals surface area contributed by atoms with E-state index in [0.29, 0.717) is 25.2 Å². The highest BCUT2D eigenvalue weighted by Gasteiger charge is 2.31. The van der Waals surface area contributed by atoms with E-state index in [-0.39, 0.29) is 12.5 Å². The van der Waals surface area contributed by atoms with Gasteiger partial charge in [0.2, 0.25) is 11.7 Å². The van der Waals surface area contributed by atoms with Crippen LogP contribution in [0.2, 0.25) is 0 Å². The summed E-state index contributed by atoms with van der Waals surface area (Å²) in [5.41, 5.74) is 0.826. The Morgan fingerprint density at radius 2 is 2.04 bits per heavy atom. The van der Waals surface area contributed by atoms with Gasteiger partial charge in [0.05, 0.1) is 5.92 Å². The largest absolute Gasteiger partial charge is 0.481 e. The van der Waals surface area contributed by atoms with Gasteiger partial charge in [-0.15, -0.1) is 10.2 Å². The Hall–Kier alpha value is -2.77. The highest BCUT2D eigenvalue weighted by molar-refractivity contribution is 5.81. The Morgan fingerprint density at radius 1 is 1.29 bits per heavy atom. The minimum atomic E-state index is -0.856. The molecule has 0 aliphatic carbocycles.